The van der Waals surface area contributed by atoms with E-state index in [1.807, 2.05) is 42.5 Å². The van der Waals surface area contributed by atoms with Gasteiger partial charge in [-0.3, -0.25) is 4.90 Å². The lowest BCUT2D eigenvalue weighted by atomic mass is 10.0. The molecule has 1 saturated heterocycles. The number of fused-ring (bicyclic) bond motifs is 1. The van der Waals surface area contributed by atoms with Crippen LogP contribution in [-0.2, 0) is 4.79 Å². The number of methoxy groups -OCH3 is 2. The lowest BCUT2D eigenvalue weighted by Crippen LogP contribution is -2.48. The van der Waals surface area contributed by atoms with Crippen LogP contribution in [0.3, 0.4) is 0 Å². The predicted molar refractivity (Wildman–Crippen MR) is 134 cm³/mol. The van der Waals surface area contributed by atoms with Crippen molar-refractivity contribution in [2.24, 2.45) is 0 Å². The Kier molecular flexibility index (Phi) is 6.23. The first-order valence-corrected chi connectivity index (χ1v) is 11.5. The summed E-state index contributed by atoms with van der Waals surface area (Å²) in [5.74, 6) is 2.06. The maximum absolute atomic E-state index is 12.1. The van der Waals surface area contributed by atoms with Gasteiger partial charge < -0.3 is 23.6 Å². The minimum absolute atomic E-state index is 0.276. The first-order valence-electron chi connectivity index (χ1n) is 11.5. The Bertz CT molecular complexity index is 1280. The van der Waals surface area contributed by atoms with Crippen LogP contribution in [-0.4, -0.2) is 51.6 Å². The Hall–Kier alpha value is -3.77. The zero-order valence-corrected chi connectivity index (χ0v) is 19.4. The second-order valence-electron chi connectivity index (χ2n) is 8.42. The lowest BCUT2D eigenvalue weighted by Gasteiger charge is -2.38. The van der Waals surface area contributed by atoms with Crippen LogP contribution >= 0.6 is 0 Å². The van der Waals surface area contributed by atoms with Gasteiger partial charge in [0, 0.05) is 42.8 Å². The zero-order valence-electron chi connectivity index (χ0n) is 19.4. The molecule has 1 aromatic heterocycles. The number of hydrogen-bond donors (Lipinski definition) is 0. The summed E-state index contributed by atoms with van der Waals surface area (Å²) in [6, 6.07) is 23.9. The maximum Gasteiger partial charge on any atom is 0.161 e. The molecule has 34 heavy (non-hydrogen) atoms. The van der Waals surface area contributed by atoms with E-state index >= 15 is 0 Å². The monoisotopic (exact) mass is 456 g/mol. The molecule has 0 aliphatic carbocycles. The molecule has 6 nitrogen and oxygen atoms in total. The van der Waals surface area contributed by atoms with Crippen molar-refractivity contribution in [1.82, 2.24) is 4.90 Å². The molecule has 2 heterocycles. The van der Waals surface area contributed by atoms with E-state index in [0.717, 1.165) is 60.3 Å². The third kappa shape index (κ3) is 4.24. The highest BCUT2D eigenvalue weighted by molar-refractivity contribution is 5.84. The number of piperazine rings is 1. The summed E-state index contributed by atoms with van der Waals surface area (Å²) < 4.78 is 16.9. The standard InChI is InChI=1S/C28H28N2O4/c1-32-26-11-9-21(17-28(26)33-2)27-18-22-16-20(8-10-25(22)34-27)24(19-31)30-14-12-29(13-15-30)23-6-4-3-5-7-23/h3-11,16-19,24H,12-15H2,1-2H3. The van der Waals surface area contributed by atoms with E-state index in [0.29, 0.717) is 11.5 Å². The summed E-state index contributed by atoms with van der Waals surface area (Å²) in [6.45, 7) is 3.45. The van der Waals surface area contributed by atoms with Crippen LogP contribution < -0.4 is 14.4 Å². The van der Waals surface area contributed by atoms with Gasteiger partial charge in [0.15, 0.2) is 11.5 Å². The zero-order chi connectivity index (χ0) is 23.5. The largest absolute Gasteiger partial charge is 0.493 e. The van der Waals surface area contributed by atoms with Gasteiger partial charge in [0.05, 0.1) is 20.3 Å². The third-order valence-corrected chi connectivity index (χ3v) is 6.51. The number of furan rings is 1. The SMILES string of the molecule is COc1ccc(-c2cc3cc(C(C=O)N4CCN(c5ccccc5)CC4)ccc3o2)cc1OC. The van der Waals surface area contributed by atoms with E-state index in [1.165, 1.54) is 5.69 Å². The Labute approximate surface area is 199 Å². The second kappa shape index (κ2) is 9.61. The summed E-state index contributed by atoms with van der Waals surface area (Å²) in [4.78, 5) is 16.8. The van der Waals surface area contributed by atoms with Gasteiger partial charge in [-0.05, 0) is 54.1 Å². The summed E-state index contributed by atoms with van der Waals surface area (Å²) in [7, 11) is 3.23. The van der Waals surface area contributed by atoms with E-state index in [-0.39, 0.29) is 6.04 Å². The van der Waals surface area contributed by atoms with Gasteiger partial charge >= 0.3 is 0 Å². The predicted octanol–water partition coefficient (Wildman–Crippen LogP) is 5.18. The van der Waals surface area contributed by atoms with Crippen LogP contribution in [0, 0.1) is 0 Å². The van der Waals surface area contributed by atoms with E-state index in [2.05, 4.69) is 40.1 Å². The fourth-order valence-electron chi connectivity index (χ4n) is 4.65. The van der Waals surface area contributed by atoms with E-state index in [4.69, 9.17) is 13.9 Å². The molecule has 1 unspecified atom stereocenters. The molecular weight excluding hydrogens is 428 g/mol. The Morgan fingerprint density at radius 2 is 1.62 bits per heavy atom. The molecule has 174 valence electrons. The van der Waals surface area contributed by atoms with Crippen molar-refractivity contribution in [3.8, 4) is 22.8 Å². The van der Waals surface area contributed by atoms with E-state index < -0.39 is 0 Å². The fourth-order valence-corrected chi connectivity index (χ4v) is 4.65. The van der Waals surface area contributed by atoms with Crippen molar-refractivity contribution < 1.29 is 18.7 Å². The van der Waals surface area contributed by atoms with Gasteiger partial charge in [-0.2, -0.15) is 0 Å². The number of carbonyl (C=O) groups is 1. The average Bonchev–Trinajstić information content (AvgIpc) is 3.33. The number of rotatable bonds is 7. The molecule has 1 aliphatic rings. The van der Waals surface area contributed by atoms with Gasteiger partial charge in [-0.25, -0.2) is 0 Å². The summed E-state index contributed by atoms with van der Waals surface area (Å²) in [5.41, 5.74) is 3.90. The number of hydrogen-bond acceptors (Lipinski definition) is 6. The number of benzene rings is 3. The Morgan fingerprint density at radius 1 is 0.853 bits per heavy atom. The highest BCUT2D eigenvalue weighted by Gasteiger charge is 2.25. The van der Waals surface area contributed by atoms with Crippen LogP contribution in [0.15, 0.2) is 77.2 Å². The molecule has 0 saturated carbocycles. The second-order valence-corrected chi connectivity index (χ2v) is 8.42. The summed E-state index contributed by atoms with van der Waals surface area (Å²) in [6.07, 6.45) is 1.05. The van der Waals surface area contributed by atoms with Gasteiger partial charge in [0.25, 0.3) is 0 Å². The van der Waals surface area contributed by atoms with Crippen LogP contribution in [0.2, 0.25) is 0 Å². The molecule has 1 fully saturated rings. The first-order chi connectivity index (χ1) is 16.7. The molecule has 0 bridgehead atoms. The highest BCUT2D eigenvalue weighted by Crippen LogP contribution is 2.35. The van der Waals surface area contributed by atoms with Crippen molar-refractivity contribution >= 4 is 22.9 Å². The third-order valence-electron chi connectivity index (χ3n) is 6.51. The van der Waals surface area contributed by atoms with E-state index in [1.54, 1.807) is 14.2 Å². The molecule has 0 amide bonds. The number of ether oxygens (including phenoxy) is 2. The molecule has 6 heteroatoms. The summed E-state index contributed by atoms with van der Waals surface area (Å²) in [5, 5.41) is 0.969. The molecule has 0 spiro atoms. The molecule has 3 aromatic carbocycles. The van der Waals surface area contributed by atoms with Gasteiger partial charge in [0.2, 0.25) is 0 Å². The van der Waals surface area contributed by atoms with Gasteiger partial charge in [-0.1, -0.05) is 24.3 Å². The van der Waals surface area contributed by atoms with Gasteiger partial charge in [0.1, 0.15) is 17.6 Å². The van der Waals surface area contributed by atoms with Crippen molar-refractivity contribution in [2.75, 3.05) is 45.3 Å². The van der Waals surface area contributed by atoms with Crippen LogP contribution in [0.4, 0.5) is 5.69 Å². The maximum atomic E-state index is 12.1. The number of carbonyl (C=O) groups excluding carboxylic acids is 1. The number of aldehydes is 1. The molecule has 1 aliphatic heterocycles. The van der Waals surface area contributed by atoms with E-state index in [9.17, 15) is 4.79 Å². The molecule has 5 rings (SSSR count). The fraction of sp³-hybridized carbons (Fsp3) is 0.250. The Morgan fingerprint density at radius 3 is 2.32 bits per heavy atom. The lowest BCUT2D eigenvalue weighted by molar-refractivity contribution is -0.112. The van der Waals surface area contributed by atoms with Crippen LogP contribution in [0.5, 0.6) is 11.5 Å². The van der Waals surface area contributed by atoms with Crippen molar-refractivity contribution in [2.45, 2.75) is 6.04 Å². The molecule has 0 N–H and O–H groups in total. The first kappa shape index (κ1) is 22.0. The number of anilines is 1. The molecular formula is C28H28N2O4. The smallest absolute Gasteiger partial charge is 0.161 e. The van der Waals surface area contributed by atoms with Crippen molar-refractivity contribution in [1.29, 1.82) is 0 Å². The quantitative estimate of drug-likeness (QED) is 0.357. The van der Waals surface area contributed by atoms with Gasteiger partial charge in [-0.15, -0.1) is 0 Å². The summed E-state index contributed by atoms with van der Waals surface area (Å²) >= 11 is 0. The number of nitrogens with zero attached hydrogens (tertiary/aromatic N) is 2. The van der Waals surface area contributed by atoms with Crippen molar-refractivity contribution in [3.63, 3.8) is 0 Å². The molecule has 4 aromatic rings. The van der Waals surface area contributed by atoms with Crippen LogP contribution in [0.1, 0.15) is 11.6 Å². The minimum atomic E-state index is -0.276. The molecule has 1 atom stereocenters. The normalized spacial score (nSPS) is 15.3. The average molecular weight is 457 g/mol. The highest BCUT2D eigenvalue weighted by atomic mass is 16.5. The topological polar surface area (TPSA) is 55.2 Å². The minimum Gasteiger partial charge on any atom is -0.493 e. The number of para-hydroxylation sites is 1. The molecule has 0 radical (unpaired) electrons. The Balaban J connectivity index is 1.36. The van der Waals surface area contributed by atoms with Crippen LogP contribution in [0.25, 0.3) is 22.3 Å². The van der Waals surface area contributed by atoms with Crippen molar-refractivity contribution in [3.05, 3.63) is 78.4 Å².